The molecule has 1 fully saturated rings. The molecular weight excluding hydrogens is 224 g/mol. The van der Waals surface area contributed by atoms with Gasteiger partial charge < -0.3 is 4.90 Å². The smallest absolute Gasteiger partial charge is 0.253 e. The average molecular weight is 246 g/mol. The molecule has 1 aromatic rings. The van der Waals surface area contributed by atoms with Crippen molar-refractivity contribution in [1.29, 1.82) is 0 Å². The van der Waals surface area contributed by atoms with Gasteiger partial charge in [-0.25, -0.2) is 0 Å². The van der Waals surface area contributed by atoms with Crippen molar-refractivity contribution in [2.45, 2.75) is 26.3 Å². The van der Waals surface area contributed by atoms with Crippen molar-refractivity contribution < 1.29 is 4.79 Å². The second kappa shape index (κ2) is 6.01. The van der Waals surface area contributed by atoms with E-state index in [4.69, 9.17) is 0 Å². The van der Waals surface area contributed by atoms with Crippen molar-refractivity contribution in [3.05, 3.63) is 35.9 Å². The SMILES string of the molecule is CCC(C)N1CCN(C(=O)c2ccccc2)CC1. The molecule has 0 saturated carbocycles. The van der Waals surface area contributed by atoms with Crippen LogP contribution in [-0.4, -0.2) is 47.9 Å². The Hall–Kier alpha value is -1.35. The summed E-state index contributed by atoms with van der Waals surface area (Å²) in [5, 5.41) is 0. The molecule has 1 heterocycles. The third kappa shape index (κ3) is 2.91. The maximum atomic E-state index is 12.3. The van der Waals surface area contributed by atoms with E-state index in [-0.39, 0.29) is 5.91 Å². The zero-order valence-corrected chi connectivity index (χ0v) is 11.3. The molecule has 0 spiro atoms. The first-order valence-electron chi connectivity index (χ1n) is 6.80. The molecule has 0 bridgehead atoms. The number of carbonyl (C=O) groups is 1. The number of piperazine rings is 1. The van der Waals surface area contributed by atoms with Gasteiger partial charge in [-0.3, -0.25) is 9.69 Å². The molecule has 1 aromatic carbocycles. The number of amides is 1. The molecule has 3 nitrogen and oxygen atoms in total. The molecule has 0 aromatic heterocycles. The fraction of sp³-hybridized carbons (Fsp3) is 0.533. The second-order valence-electron chi connectivity index (χ2n) is 4.95. The number of rotatable bonds is 3. The van der Waals surface area contributed by atoms with Crippen LogP contribution in [0.3, 0.4) is 0 Å². The van der Waals surface area contributed by atoms with Gasteiger partial charge in [-0.1, -0.05) is 25.1 Å². The van der Waals surface area contributed by atoms with Crippen LogP contribution in [0.2, 0.25) is 0 Å². The molecule has 1 atom stereocenters. The summed E-state index contributed by atoms with van der Waals surface area (Å²) >= 11 is 0. The van der Waals surface area contributed by atoms with Crippen molar-refractivity contribution in [2.24, 2.45) is 0 Å². The van der Waals surface area contributed by atoms with Crippen molar-refractivity contribution in [2.75, 3.05) is 26.2 Å². The molecule has 1 aliphatic heterocycles. The maximum Gasteiger partial charge on any atom is 0.253 e. The van der Waals surface area contributed by atoms with Crippen molar-refractivity contribution in [3.8, 4) is 0 Å². The summed E-state index contributed by atoms with van der Waals surface area (Å²) in [6.45, 7) is 8.15. The van der Waals surface area contributed by atoms with E-state index in [1.54, 1.807) is 0 Å². The van der Waals surface area contributed by atoms with E-state index in [0.717, 1.165) is 31.7 Å². The van der Waals surface area contributed by atoms with E-state index in [2.05, 4.69) is 18.7 Å². The molecule has 1 unspecified atom stereocenters. The summed E-state index contributed by atoms with van der Waals surface area (Å²) in [6.07, 6.45) is 1.17. The third-order valence-electron chi connectivity index (χ3n) is 3.84. The van der Waals surface area contributed by atoms with Crippen LogP contribution in [0.5, 0.6) is 0 Å². The van der Waals surface area contributed by atoms with E-state index in [0.29, 0.717) is 6.04 Å². The zero-order chi connectivity index (χ0) is 13.0. The van der Waals surface area contributed by atoms with Crippen molar-refractivity contribution in [1.82, 2.24) is 9.80 Å². The Bertz CT molecular complexity index is 383. The predicted octanol–water partition coefficient (Wildman–Crippen LogP) is 2.24. The van der Waals surface area contributed by atoms with Gasteiger partial charge in [0.15, 0.2) is 0 Å². The van der Waals surface area contributed by atoms with E-state index in [1.165, 1.54) is 6.42 Å². The number of hydrogen-bond donors (Lipinski definition) is 0. The number of benzene rings is 1. The number of hydrogen-bond acceptors (Lipinski definition) is 2. The minimum absolute atomic E-state index is 0.166. The first-order chi connectivity index (χ1) is 8.72. The van der Waals surface area contributed by atoms with Gasteiger partial charge in [0, 0.05) is 37.8 Å². The summed E-state index contributed by atoms with van der Waals surface area (Å²) in [7, 11) is 0. The van der Waals surface area contributed by atoms with Gasteiger partial charge in [-0.05, 0) is 25.5 Å². The molecule has 1 aliphatic rings. The summed E-state index contributed by atoms with van der Waals surface area (Å²) < 4.78 is 0. The second-order valence-corrected chi connectivity index (χ2v) is 4.95. The summed E-state index contributed by atoms with van der Waals surface area (Å²) in [6, 6.07) is 10.2. The van der Waals surface area contributed by atoms with Crippen molar-refractivity contribution in [3.63, 3.8) is 0 Å². The van der Waals surface area contributed by atoms with E-state index in [9.17, 15) is 4.79 Å². The standard InChI is InChI=1S/C15H22N2O/c1-3-13(2)16-9-11-17(12-10-16)15(18)14-7-5-4-6-8-14/h4-8,13H,3,9-12H2,1-2H3. The Morgan fingerprint density at radius 1 is 1.17 bits per heavy atom. The van der Waals surface area contributed by atoms with E-state index >= 15 is 0 Å². The van der Waals surface area contributed by atoms with Crippen LogP contribution in [0, 0.1) is 0 Å². The Morgan fingerprint density at radius 3 is 2.33 bits per heavy atom. The number of carbonyl (C=O) groups excluding carboxylic acids is 1. The van der Waals surface area contributed by atoms with Gasteiger partial charge >= 0.3 is 0 Å². The lowest BCUT2D eigenvalue weighted by molar-refractivity contribution is 0.0579. The van der Waals surface area contributed by atoms with Crippen LogP contribution in [0.25, 0.3) is 0 Å². The Labute approximate surface area is 109 Å². The highest BCUT2D eigenvalue weighted by Crippen LogP contribution is 2.11. The predicted molar refractivity (Wildman–Crippen MR) is 73.7 cm³/mol. The maximum absolute atomic E-state index is 12.3. The molecular formula is C15H22N2O. The van der Waals surface area contributed by atoms with Crippen LogP contribution < -0.4 is 0 Å². The Balaban J connectivity index is 1.92. The monoisotopic (exact) mass is 246 g/mol. The summed E-state index contributed by atoms with van der Waals surface area (Å²) in [5.74, 6) is 0.166. The molecule has 2 rings (SSSR count). The first kappa shape index (κ1) is 13.1. The van der Waals surface area contributed by atoms with Crippen LogP contribution >= 0.6 is 0 Å². The molecule has 1 saturated heterocycles. The van der Waals surface area contributed by atoms with Gasteiger partial charge in [0.1, 0.15) is 0 Å². The fourth-order valence-electron chi connectivity index (χ4n) is 2.39. The summed E-state index contributed by atoms with van der Waals surface area (Å²) in [5.41, 5.74) is 0.800. The minimum Gasteiger partial charge on any atom is -0.336 e. The lowest BCUT2D eigenvalue weighted by Gasteiger charge is -2.37. The minimum atomic E-state index is 0.166. The van der Waals surface area contributed by atoms with Crippen molar-refractivity contribution >= 4 is 5.91 Å². The highest BCUT2D eigenvalue weighted by molar-refractivity contribution is 5.94. The topological polar surface area (TPSA) is 23.6 Å². The van der Waals surface area contributed by atoms with Gasteiger partial charge in [0.25, 0.3) is 5.91 Å². The molecule has 3 heteroatoms. The van der Waals surface area contributed by atoms with Gasteiger partial charge in [-0.2, -0.15) is 0 Å². The van der Waals surface area contributed by atoms with Crippen LogP contribution in [0.15, 0.2) is 30.3 Å². The zero-order valence-electron chi connectivity index (χ0n) is 11.3. The van der Waals surface area contributed by atoms with Gasteiger partial charge in [0.2, 0.25) is 0 Å². The first-order valence-corrected chi connectivity index (χ1v) is 6.80. The third-order valence-corrected chi connectivity index (χ3v) is 3.84. The molecule has 0 aliphatic carbocycles. The summed E-state index contributed by atoms with van der Waals surface area (Å²) in [4.78, 5) is 16.7. The highest BCUT2D eigenvalue weighted by atomic mass is 16.2. The molecule has 0 radical (unpaired) electrons. The lowest BCUT2D eigenvalue weighted by Crippen LogP contribution is -2.51. The lowest BCUT2D eigenvalue weighted by atomic mass is 10.1. The van der Waals surface area contributed by atoms with E-state index < -0.39 is 0 Å². The normalized spacial score (nSPS) is 18.7. The van der Waals surface area contributed by atoms with Gasteiger partial charge in [0.05, 0.1) is 0 Å². The van der Waals surface area contributed by atoms with Crippen LogP contribution in [-0.2, 0) is 0 Å². The average Bonchev–Trinajstić information content (AvgIpc) is 2.47. The highest BCUT2D eigenvalue weighted by Gasteiger charge is 2.23. The number of nitrogens with zero attached hydrogens (tertiary/aromatic N) is 2. The molecule has 1 amide bonds. The molecule has 98 valence electrons. The fourth-order valence-corrected chi connectivity index (χ4v) is 2.39. The Morgan fingerprint density at radius 2 is 1.78 bits per heavy atom. The quantitative estimate of drug-likeness (QED) is 0.816. The van der Waals surface area contributed by atoms with Gasteiger partial charge in [-0.15, -0.1) is 0 Å². The molecule has 18 heavy (non-hydrogen) atoms. The van der Waals surface area contributed by atoms with Crippen LogP contribution in [0.4, 0.5) is 0 Å². The van der Waals surface area contributed by atoms with Crippen LogP contribution in [0.1, 0.15) is 30.6 Å². The molecule has 0 N–H and O–H groups in total. The largest absolute Gasteiger partial charge is 0.336 e. The Kier molecular flexibility index (Phi) is 4.37. The van der Waals surface area contributed by atoms with E-state index in [1.807, 2.05) is 35.2 Å².